The lowest BCUT2D eigenvalue weighted by Gasteiger charge is -2.38. The second-order valence-electron chi connectivity index (χ2n) is 8.32. The number of hydrogen-bond acceptors (Lipinski definition) is 8. The molecule has 0 radical (unpaired) electrons. The summed E-state index contributed by atoms with van der Waals surface area (Å²) < 4.78 is 33.6. The largest absolute Gasteiger partial charge is 0.493 e. The molecule has 0 atom stereocenters. The van der Waals surface area contributed by atoms with Crippen molar-refractivity contribution in [3.8, 4) is 27.8 Å². The number of sulfonamides is 1. The summed E-state index contributed by atoms with van der Waals surface area (Å²) in [4.78, 5) is 10.5. The van der Waals surface area contributed by atoms with Crippen LogP contribution in [0.25, 0.3) is 22.1 Å². The van der Waals surface area contributed by atoms with Gasteiger partial charge in [0.2, 0.25) is 10.0 Å². The Hall–Kier alpha value is -2.34. The maximum atomic E-state index is 12.1. The molecular weight excluding hydrogens is 450 g/mol. The van der Waals surface area contributed by atoms with Gasteiger partial charge in [0.1, 0.15) is 12.1 Å². The fourth-order valence-corrected chi connectivity index (χ4v) is 6.44. The molecule has 0 bridgehead atoms. The Labute approximate surface area is 190 Å². The van der Waals surface area contributed by atoms with Gasteiger partial charge >= 0.3 is 0 Å². The van der Waals surface area contributed by atoms with Gasteiger partial charge in [-0.1, -0.05) is 6.07 Å². The number of ether oxygens (including phenoxy) is 1. The van der Waals surface area contributed by atoms with E-state index < -0.39 is 10.0 Å². The molecule has 2 aliphatic rings. The summed E-state index contributed by atoms with van der Waals surface area (Å²) in [6, 6.07) is 6.23. The minimum Gasteiger partial charge on any atom is -0.493 e. The van der Waals surface area contributed by atoms with E-state index in [0.717, 1.165) is 44.7 Å². The van der Waals surface area contributed by atoms with E-state index in [0.29, 0.717) is 19.7 Å². The number of thiazole rings is 1. The Morgan fingerprint density at radius 2 is 2.12 bits per heavy atom. The number of hydrogen-bond donors (Lipinski definition) is 1. The topological polar surface area (TPSA) is 110 Å². The zero-order chi connectivity index (χ0) is 22.5. The Morgan fingerprint density at radius 1 is 1.31 bits per heavy atom. The van der Waals surface area contributed by atoms with Crippen molar-refractivity contribution in [1.29, 1.82) is 0 Å². The molecule has 2 aromatic heterocycles. The van der Waals surface area contributed by atoms with E-state index in [2.05, 4.69) is 30.0 Å². The summed E-state index contributed by atoms with van der Waals surface area (Å²) in [5, 5.41) is 14.2. The molecule has 0 aliphatic carbocycles. The first-order valence-electron chi connectivity index (χ1n) is 10.6. The smallest absolute Gasteiger partial charge is 0.216 e. The first kappa shape index (κ1) is 21.5. The maximum Gasteiger partial charge on any atom is 0.216 e. The molecule has 3 aromatic rings. The zero-order valence-corrected chi connectivity index (χ0v) is 19.6. The first-order valence-corrected chi connectivity index (χ1v) is 13.1. The summed E-state index contributed by atoms with van der Waals surface area (Å²) >= 11 is 1.62. The van der Waals surface area contributed by atoms with Crippen LogP contribution in [0.3, 0.4) is 0 Å². The van der Waals surface area contributed by atoms with Gasteiger partial charge < -0.3 is 9.84 Å². The lowest BCUT2D eigenvalue weighted by atomic mass is 9.91. The molecule has 0 unspecified atom stereocenters. The molecule has 5 rings (SSSR count). The van der Waals surface area contributed by atoms with Crippen LogP contribution in [-0.2, 0) is 16.4 Å². The molecule has 0 amide bonds. The van der Waals surface area contributed by atoms with Gasteiger partial charge in [0.25, 0.3) is 0 Å². The molecule has 32 heavy (non-hydrogen) atoms. The number of nitrogens with zero attached hydrogens (tertiary/aromatic N) is 5. The average Bonchev–Trinajstić information content (AvgIpc) is 3.31. The van der Waals surface area contributed by atoms with Crippen molar-refractivity contribution in [3.63, 3.8) is 0 Å². The third-order valence-electron chi connectivity index (χ3n) is 5.86. The SMILES string of the molecule is CC(C)n1ncnc1-c1nc2c(s1)CCOc1ccc(C3CN(S(=O)(=O)CCO)C3)cc1-2. The number of aliphatic hydroxyl groups excluding tert-OH is 1. The minimum absolute atomic E-state index is 0.114. The lowest BCUT2D eigenvalue weighted by Crippen LogP contribution is -2.49. The van der Waals surface area contributed by atoms with Gasteiger partial charge in [-0.2, -0.15) is 5.10 Å². The zero-order valence-electron chi connectivity index (χ0n) is 17.9. The van der Waals surface area contributed by atoms with Gasteiger partial charge in [-0.15, -0.1) is 11.3 Å². The standard InChI is InChI=1S/C21H25N5O4S2/c1-13(2)26-20(22-12-23-26)21-24-19-16-9-14(3-4-17(16)30-7-5-18(19)31-21)15-10-25(11-15)32(28,29)8-6-27/h3-4,9,12-13,15,27H,5-8,10-11H2,1-2H3. The number of aliphatic hydroxyl groups is 1. The molecule has 170 valence electrons. The summed E-state index contributed by atoms with van der Waals surface area (Å²) in [5.74, 6) is 1.44. The Balaban J connectivity index is 1.46. The van der Waals surface area contributed by atoms with Gasteiger partial charge in [-0.25, -0.2) is 27.4 Å². The maximum absolute atomic E-state index is 12.1. The van der Waals surface area contributed by atoms with Gasteiger partial charge in [0.05, 0.1) is 24.7 Å². The molecule has 0 spiro atoms. The van der Waals surface area contributed by atoms with Crippen LogP contribution in [0.15, 0.2) is 24.5 Å². The van der Waals surface area contributed by atoms with Crippen molar-refractivity contribution in [2.45, 2.75) is 32.2 Å². The van der Waals surface area contributed by atoms with Crippen LogP contribution in [0.1, 0.15) is 36.2 Å². The molecule has 11 heteroatoms. The van der Waals surface area contributed by atoms with Crippen LogP contribution < -0.4 is 4.74 Å². The van der Waals surface area contributed by atoms with Crippen LogP contribution in [0, 0.1) is 0 Å². The highest BCUT2D eigenvalue weighted by Gasteiger charge is 2.36. The van der Waals surface area contributed by atoms with Crippen molar-refractivity contribution in [2.24, 2.45) is 0 Å². The predicted octanol–water partition coefficient (Wildman–Crippen LogP) is 2.31. The van der Waals surface area contributed by atoms with E-state index >= 15 is 0 Å². The van der Waals surface area contributed by atoms with Crippen molar-refractivity contribution in [2.75, 3.05) is 32.1 Å². The third-order valence-corrected chi connectivity index (χ3v) is 8.75. The number of fused-ring (bicyclic) bond motifs is 3. The fourth-order valence-electron chi connectivity index (χ4n) is 4.10. The summed E-state index contributed by atoms with van der Waals surface area (Å²) in [5.41, 5.74) is 2.90. The normalized spacial score (nSPS) is 16.9. The van der Waals surface area contributed by atoms with Gasteiger partial charge in [-0.05, 0) is 31.5 Å². The van der Waals surface area contributed by atoms with E-state index in [1.807, 2.05) is 16.8 Å². The van der Waals surface area contributed by atoms with Crippen molar-refractivity contribution >= 4 is 21.4 Å². The number of rotatable bonds is 6. The van der Waals surface area contributed by atoms with Gasteiger partial charge in [-0.3, -0.25) is 0 Å². The first-order chi connectivity index (χ1) is 15.4. The molecule has 1 N–H and O–H groups in total. The summed E-state index contributed by atoms with van der Waals surface area (Å²) in [7, 11) is -3.39. The minimum atomic E-state index is -3.39. The monoisotopic (exact) mass is 475 g/mol. The van der Waals surface area contributed by atoms with Crippen molar-refractivity contribution in [3.05, 3.63) is 35.0 Å². The Morgan fingerprint density at radius 3 is 2.88 bits per heavy atom. The molecule has 1 saturated heterocycles. The van der Waals surface area contributed by atoms with Crippen LogP contribution in [0.4, 0.5) is 0 Å². The fraction of sp³-hybridized carbons (Fsp3) is 0.476. The molecule has 1 aromatic carbocycles. The van der Waals surface area contributed by atoms with Crippen molar-refractivity contribution in [1.82, 2.24) is 24.1 Å². The molecule has 1 fully saturated rings. The summed E-state index contributed by atoms with van der Waals surface area (Å²) in [6.45, 7) is 5.20. The Bertz CT molecular complexity index is 1240. The van der Waals surface area contributed by atoms with E-state index in [1.165, 1.54) is 4.31 Å². The molecule has 2 aliphatic heterocycles. The molecule has 4 heterocycles. The van der Waals surface area contributed by atoms with E-state index in [4.69, 9.17) is 14.8 Å². The highest BCUT2D eigenvalue weighted by molar-refractivity contribution is 7.89. The second kappa shape index (κ2) is 8.22. The van der Waals surface area contributed by atoms with Crippen LogP contribution in [0.2, 0.25) is 0 Å². The van der Waals surface area contributed by atoms with Crippen LogP contribution >= 0.6 is 11.3 Å². The highest BCUT2D eigenvalue weighted by Crippen LogP contribution is 2.42. The quantitative estimate of drug-likeness (QED) is 0.582. The van der Waals surface area contributed by atoms with Crippen LogP contribution in [0.5, 0.6) is 5.75 Å². The number of benzene rings is 1. The van der Waals surface area contributed by atoms with E-state index in [-0.39, 0.29) is 24.3 Å². The number of aromatic nitrogens is 4. The molecule has 0 saturated carbocycles. The van der Waals surface area contributed by atoms with E-state index in [1.54, 1.807) is 17.7 Å². The van der Waals surface area contributed by atoms with Crippen LogP contribution in [-0.4, -0.2) is 69.6 Å². The van der Waals surface area contributed by atoms with Gasteiger partial charge in [0, 0.05) is 41.9 Å². The highest BCUT2D eigenvalue weighted by atomic mass is 32.2. The second-order valence-corrected chi connectivity index (χ2v) is 11.5. The predicted molar refractivity (Wildman–Crippen MR) is 121 cm³/mol. The lowest BCUT2D eigenvalue weighted by molar-refractivity contribution is 0.257. The van der Waals surface area contributed by atoms with Gasteiger partial charge in [0.15, 0.2) is 10.8 Å². The summed E-state index contributed by atoms with van der Waals surface area (Å²) in [6.07, 6.45) is 2.33. The molecular formula is C21H25N5O4S2. The Kier molecular flexibility index (Phi) is 5.52. The average molecular weight is 476 g/mol. The molecule has 9 nitrogen and oxygen atoms in total. The van der Waals surface area contributed by atoms with Crippen molar-refractivity contribution < 1.29 is 18.3 Å². The van der Waals surface area contributed by atoms with E-state index in [9.17, 15) is 8.42 Å². The third kappa shape index (κ3) is 3.72.